The van der Waals surface area contributed by atoms with E-state index in [1.54, 1.807) is 7.11 Å². The maximum atomic E-state index is 5.41. The number of fused-ring (bicyclic) bond motifs is 3. The maximum absolute atomic E-state index is 5.41. The fourth-order valence-electron chi connectivity index (χ4n) is 3.53. The van der Waals surface area contributed by atoms with E-state index in [-0.39, 0.29) is 0 Å². The van der Waals surface area contributed by atoms with E-state index in [2.05, 4.69) is 30.0 Å². The van der Waals surface area contributed by atoms with Gasteiger partial charge in [0, 0.05) is 22.6 Å². The van der Waals surface area contributed by atoms with E-state index in [0.29, 0.717) is 5.92 Å². The molecule has 0 radical (unpaired) electrons. The van der Waals surface area contributed by atoms with E-state index in [1.165, 1.54) is 48.6 Å². The summed E-state index contributed by atoms with van der Waals surface area (Å²) in [5, 5.41) is 0. The van der Waals surface area contributed by atoms with Gasteiger partial charge in [0.1, 0.15) is 5.75 Å². The molecule has 1 saturated heterocycles. The van der Waals surface area contributed by atoms with Crippen LogP contribution in [0.1, 0.15) is 37.7 Å². The first-order valence-corrected chi connectivity index (χ1v) is 8.37. The third kappa shape index (κ3) is 2.50. The molecule has 1 aromatic carbocycles. The van der Waals surface area contributed by atoms with Gasteiger partial charge in [0.2, 0.25) is 0 Å². The molecule has 0 N–H and O–H groups in total. The standard InChI is InChI=1S/C16H23NOS/c1-3-8-17-9-4-5-13-14-10-12(18-2)6-7-16(14)19-11-15(13)17/h6-7,10,13,15H,3-5,8-9,11H2,1-2H3/t13-,15+/m0/s1. The van der Waals surface area contributed by atoms with Crippen molar-refractivity contribution in [2.45, 2.75) is 43.0 Å². The Morgan fingerprint density at radius 2 is 2.32 bits per heavy atom. The fraction of sp³-hybridized carbons (Fsp3) is 0.625. The molecule has 1 fully saturated rings. The van der Waals surface area contributed by atoms with Crippen LogP contribution in [0.4, 0.5) is 0 Å². The van der Waals surface area contributed by atoms with Gasteiger partial charge < -0.3 is 4.74 Å². The minimum atomic E-state index is 0.714. The summed E-state index contributed by atoms with van der Waals surface area (Å²) in [6.45, 7) is 4.83. The Bertz CT molecular complexity index is 446. The van der Waals surface area contributed by atoms with Crippen molar-refractivity contribution in [3.8, 4) is 5.75 Å². The van der Waals surface area contributed by atoms with Crippen LogP contribution < -0.4 is 4.74 Å². The Morgan fingerprint density at radius 1 is 1.42 bits per heavy atom. The second kappa shape index (κ2) is 5.76. The van der Waals surface area contributed by atoms with Crippen LogP contribution in [0.2, 0.25) is 0 Å². The fourth-order valence-corrected chi connectivity index (χ4v) is 4.86. The molecular formula is C16H23NOS. The summed E-state index contributed by atoms with van der Waals surface area (Å²) in [5.74, 6) is 2.98. The molecule has 2 heterocycles. The number of nitrogens with zero attached hydrogens (tertiary/aromatic N) is 1. The lowest BCUT2D eigenvalue weighted by molar-refractivity contribution is 0.139. The second-order valence-electron chi connectivity index (χ2n) is 5.57. The lowest BCUT2D eigenvalue weighted by Crippen LogP contribution is -2.47. The molecule has 19 heavy (non-hydrogen) atoms. The van der Waals surface area contributed by atoms with Crippen LogP contribution >= 0.6 is 11.8 Å². The van der Waals surface area contributed by atoms with Crippen molar-refractivity contribution in [1.29, 1.82) is 0 Å². The number of benzene rings is 1. The number of hydrogen-bond donors (Lipinski definition) is 0. The topological polar surface area (TPSA) is 12.5 Å². The van der Waals surface area contributed by atoms with Crippen LogP contribution in [0, 0.1) is 0 Å². The third-order valence-corrected chi connectivity index (χ3v) is 5.62. The first-order chi connectivity index (χ1) is 9.33. The molecule has 2 aliphatic heterocycles. The van der Waals surface area contributed by atoms with Crippen LogP contribution in [0.5, 0.6) is 5.75 Å². The number of ether oxygens (including phenoxy) is 1. The average Bonchev–Trinajstić information content (AvgIpc) is 2.47. The number of methoxy groups -OCH3 is 1. The van der Waals surface area contributed by atoms with Crippen LogP contribution in [-0.4, -0.2) is 36.9 Å². The van der Waals surface area contributed by atoms with E-state index < -0.39 is 0 Å². The zero-order chi connectivity index (χ0) is 13.2. The molecule has 0 saturated carbocycles. The number of hydrogen-bond acceptors (Lipinski definition) is 3. The molecule has 0 spiro atoms. The van der Waals surface area contributed by atoms with Gasteiger partial charge in [-0.25, -0.2) is 0 Å². The highest BCUT2D eigenvalue weighted by atomic mass is 32.2. The predicted molar refractivity (Wildman–Crippen MR) is 81.3 cm³/mol. The maximum Gasteiger partial charge on any atom is 0.119 e. The molecule has 0 amide bonds. The van der Waals surface area contributed by atoms with Crippen molar-refractivity contribution in [1.82, 2.24) is 4.90 Å². The SMILES string of the molecule is CCCN1CCC[C@H]2c3cc(OC)ccc3SC[C@H]21. The van der Waals surface area contributed by atoms with Gasteiger partial charge in [0.25, 0.3) is 0 Å². The van der Waals surface area contributed by atoms with Gasteiger partial charge in [-0.2, -0.15) is 0 Å². The highest BCUT2D eigenvalue weighted by Crippen LogP contribution is 2.45. The molecule has 0 bridgehead atoms. The quantitative estimate of drug-likeness (QED) is 0.834. The predicted octanol–water partition coefficient (Wildman–Crippen LogP) is 3.76. The lowest BCUT2D eigenvalue weighted by Gasteiger charge is -2.44. The molecular weight excluding hydrogens is 254 g/mol. The van der Waals surface area contributed by atoms with Crippen molar-refractivity contribution in [3.63, 3.8) is 0 Å². The Labute approximate surface area is 120 Å². The monoisotopic (exact) mass is 277 g/mol. The smallest absolute Gasteiger partial charge is 0.119 e. The average molecular weight is 277 g/mol. The van der Waals surface area contributed by atoms with Crippen molar-refractivity contribution >= 4 is 11.8 Å². The van der Waals surface area contributed by atoms with Crippen LogP contribution in [0.25, 0.3) is 0 Å². The van der Waals surface area contributed by atoms with Crippen LogP contribution in [-0.2, 0) is 0 Å². The second-order valence-corrected chi connectivity index (χ2v) is 6.63. The highest BCUT2D eigenvalue weighted by molar-refractivity contribution is 7.99. The normalized spacial score (nSPS) is 26.6. The Hall–Kier alpha value is -0.670. The van der Waals surface area contributed by atoms with Gasteiger partial charge in [0.05, 0.1) is 7.11 Å². The number of piperidine rings is 1. The highest BCUT2D eigenvalue weighted by Gasteiger charge is 2.36. The van der Waals surface area contributed by atoms with Crippen LogP contribution in [0.15, 0.2) is 23.1 Å². The van der Waals surface area contributed by atoms with Gasteiger partial charge in [0.15, 0.2) is 0 Å². The molecule has 0 aromatic heterocycles. The molecule has 2 aliphatic rings. The zero-order valence-corrected chi connectivity index (χ0v) is 12.7. The van der Waals surface area contributed by atoms with E-state index in [1.807, 2.05) is 11.8 Å². The molecule has 0 aliphatic carbocycles. The summed E-state index contributed by atoms with van der Waals surface area (Å²) in [5.41, 5.74) is 1.53. The summed E-state index contributed by atoms with van der Waals surface area (Å²) < 4.78 is 5.41. The van der Waals surface area contributed by atoms with E-state index in [4.69, 9.17) is 4.74 Å². The van der Waals surface area contributed by atoms with Gasteiger partial charge >= 0.3 is 0 Å². The molecule has 1 aromatic rings. The largest absolute Gasteiger partial charge is 0.497 e. The van der Waals surface area contributed by atoms with Crippen LogP contribution in [0.3, 0.4) is 0 Å². The van der Waals surface area contributed by atoms with Gasteiger partial charge in [-0.1, -0.05) is 6.92 Å². The van der Waals surface area contributed by atoms with E-state index in [9.17, 15) is 0 Å². The Kier molecular flexibility index (Phi) is 4.04. The molecule has 3 rings (SSSR count). The van der Waals surface area contributed by atoms with Gasteiger partial charge in [-0.05, 0) is 56.1 Å². The zero-order valence-electron chi connectivity index (χ0n) is 11.9. The summed E-state index contributed by atoms with van der Waals surface area (Å²) in [6.07, 6.45) is 3.94. The minimum absolute atomic E-state index is 0.714. The number of thioether (sulfide) groups is 1. The number of rotatable bonds is 3. The summed E-state index contributed by atoms with van der Waals surface area (Å²) in [7, 11) is 1.76. The van der Waals surface area contributed by atoms with Gasteiger partial charge in [-0.3, -0.25) is 4.90 Å². The molecule has 2 nitrogen and oxygen atoms in total. The van der Waals surface area contributed by atoms with E-state index in [0.717, 1.165) is 11.8 Å². The third-order valence-electron chi connectivity index (χ3n) is 4.43. The Balaban J connectivity index is 1.90. The molecule has 3 heteroatoms. The van der Waals surface area contributed by atoms with E-state index >= 15 is 0 Å². The summed E-state index contributed by atoms with van der Waals surface area (Å²) >= 11 is 2.03. The van der Waals surface area contributed by atoms with Gasteiger partial charge in [-0.15, -0.1) is 11.8 Å². The van der Waals surface area contributed by atoms with Crippen molar-refractivity contribution in [2.75, 3.05) is 26.0 Å². The Morgan fingerprint density at radius 3 is 3.11 bits per heavy atom. The van der Waals surface area contributed by atoms with Crippen molar-refractivity contribution in [2.24, 2.45) is 0 Å². The first-order valence-electron chi connectivity index (χ1n) is 7.38. The first kappa shape index (κ1) is 13.3. The minimum Gasteiger partial charge on any atom is -0.497 e. The number of likely N-dealkylation sites (tertiary alicyclic amines) is 1. The summed E-state index contributed by atoms with van der Waals surface area (Å²) in [4.78, 5) is 4.18. The molecule has 104 valence electrons. The lowest BCUT2D eigenvalue weighted by atomic mass is 9.83. The summed E-state index contributed by atoms with van der Waals surface area (Å²) in [6, 6.07) is 7.35. The molecule has 0 unspecified atom stereocenters. The molecule has 2 atom stereocenters. The van der Waals surface area contributed by atoms with Crippen molar-refractivity contribution < 1.29 is 4.74 Å². The van der Waals surface area contributed by atoms with Crippen molar-refractivity contribution in [3.05, 3.63) is 23.8 Å².